The van der Waals surface area contributed by atoms with Crippen LogP contribution >= 0.6 is 0 Å². The van der Waals surface area contributed by atoms with E-state index in [9.17, 15) is 20.4 Å². The minimum Gasteiger partial charge on any atom is -0.493 e. The first-order valence-corrected chi connectivity index (χ1v) is 15.9. The van der Waals surface area contributed by atoms with Crippen LogP contribution in [0.5, 0.6) is 23.0 Å². The Labute approximate surface area is 280 Å². The fourth-order valence-electron chi connectivity index (χ4n) is 5.44. The van der Waals surface area contributed by atoms with Gasteiger partial charge in [0, 0.05) is 51.4 Å². The van der Waals surface area contributed by atoms with Gasteiger partial charge in [-0.15, -0.1) is 0 Å². The lowest BCUT2D eigenvalue weighted by atomic mass is 10.0. The molecular weight excluding hydrogens is 620 g/mol. The third kappa shape index (κ3) is 8.89. The van der Waals surface area contributed by atoms with Crippen molar-refractivity contribution in [1.29, 1.82) is 0 Å². The van der Waals surface area contributed by atoms with Crippen LogP contribution in [0.3, 0.4) is 0 Å². The van der Waals surface area contributed by atoms with Crippen LogP contribution in [0.2, 0.25) is 0 Å². The van der Waals surface area contributed by atoms with Gasteiger partial charge in [0.1, 0.15) is 22.7 Å². The van der Waals surface area contributed by atoms with Gasteiger partial charge >= 0.3 is 0 Å². The second kappa shape index (κ2) is 18.2. The highest BCUT2D eigenvalue weighted by Crippen LogP contribution is 2.34. The highest BCUT2D eigenvalue weighted by atomic mass is 16.5. The lowest BCUT2D eigenvalue weighted by Gasteiger charge is -2.20. The number of aliphatic hydroxyl groups excluding tert-OH is 4. The Morgan fingerprint density at radius 2 is 0.875 bits per heavy atom. The van der Waals surface area contributed by atoms with Gasteiger partial charge in [-0.3, -0.25) is 0 Å². The smallest absolute Gasteiger partial charge is 0.161 e. The van der Waals surface area contributed by atoms with Crippen LogP contribution in [0.25, 0.3) is 11.0 Å². The molecule has 0 amide bonds. The zero-order valence-electron chi connectivity index (χ0n) is 27.9. The van der Waals surface area contributed by atoms with Crippen molar-refractivity contribution in [3.05, 3.63) is 59.2 Å². The number of hydrogen-bond acceptors (Lipinski definition) is 14. The number of aliphatic hydroxyl groups is 4. The van der Waals surface area contributed by atoms with Gasteiger partial charge in [0.15, 0.2) is 34.6 Å². The molecule has 4 rings (SSSR count). The lowest BCUT2D eigenvalue weighted by molar-refractivity contribution is 0.238. The standard InChI is InChI=1S/C34H46N6O8/c1-45-25-7-5-21(17-27(25)47-3)19-35-33-29-30(38-31(39-33)23(9-13-41)10-14-42)34(40-32(37-29)24(11-15-43)12-16-44)36-20-22-6-8-26(46-2)28(18-22)48-4/h5-8,17-18,23-24,41-44H,9-16,19-20H2,1-4H3,(H,35,38,39)(H,36,37,40). The van der Waals surface area contributed by atoms with Gasteiger partial charge in [0.05, 0.1) is 28.4 Å². The Hall–Kier alpha value is -4.50. The van der Waals surface area contributed by atoms with Gasteiger partial charge in [-0.2, -0.15) is 0 Å². The third-order valence-electron chi connectivity index (χ3n) is 8.03. The first-order chi connectivity index (χ1) is 23.4. The average Bonchev–Trinajstić information content (AvgIpc) is 3.12. The quantitative estimate of drug-likeness (QED) is 0.0804. The summed E-state index contributed by atoms with van der Waals surface area (Å²) >= 11 is 0. The van der Waals surface area contributed by atoms with Crippen LogP contribution < -0.4 is 29.6 Å². The van der Waals surface area contributed by atoms with Crippen molar-refractivity contribution >= 4 is 22.7 Å². The van der Waals surface area contributed by atoms with E-state index in [1.54, 1.807) is 28.4 Å². The Morgan fingerprint density at radius 3 is 1.19 bits per heavy atom. The largest absolute Gasteiger partial charge is 0.493 e. The van der Waals surface area contributed by atoms with Crippen molar-refractivity contribution in [3.63, 3.8) is 0 Å². The predicted octanol–water partition coefficient (Wildman–Crippen LogP) is 3.38. The molecule has 2 aromatic carbocycles. The first kappa shape index (κ1) is 36.3. The third-order valence-corrected chi connectivity index (χ3v) is 8.03. The van der Waals surface area contributed by atoms with Crippen molar-refractivity contribution in [2.75, 3.05) is 65.5 Å². The summed E-state index contributed by atoms with van der Waals surface area (Å²) in [6.07, 6.45) is 1.40. The second-order valence-electron chi connectivity index (χ2n) is 11.1. The molecule has 260 valence electrons. The minimum atomic E-state index is -0.332. The van der Waals surface area contributed by atoms with Crippen LogP contribution in [0.4, 0.5) is 11.6 Å². The molecule has 2 heterocycles. The average molecular weight is 667 g/mol. The van der Waals surface area contributed by atoms with Crippen molar-refractivity contribution in [2.24, 2.45) is 0 Å². The van der Waals surface area contributed by atoms with E-state index in [0.717, 1.165) is 11.1 Å². The molecule has 2 aromatic heterocycles. The molecule has 0 unspecified atom stereocenters. The summed E-state index contributed by atoms with van der Waals surface area (Å²) in [5.74, 6) is 3.41. The van der Waals surface area contributed by atoms with E-state index in [0.29, 0.717) is 96.1 Å². The summed E-state index contributed by atoms with van der Waals surface area (Å²) in [6.45, 7) is 0.269. The second-order valence-corrected chi connectivity index (χ2v) is 11.1. The Balaban J connectivity index is 1.87. The van der Waals surface area contributed by atoms with Crippen molar-refractivity contribution < 1.29 is 39.4 Å². The van der Waals surface area contributed by atoms with Crippen LogP contribution in [0.1, 0.15) is 60.3 Å². The van der Waals surface area contributed by atoms with Crippen LogP contribution in [0, 0.1) is 0 Å². The summed E-state index contributed by atoms with van der Waals surface area (Å²) in [5, 5.41) is 46.1. The molecule has 4 aromatic rings. The molecule has 14 nitrogen and oxygen atoms in total. The Kier molecular flexibility index (Phi) is 13.7. The minimum absolute atomic E-state index is 0.107. The summed E-state index contributed by atoms with van der Waals surface area (Å²) in [6, 6.07) is 11.2. The van der Waals surface area contributed by atoms with Crippen LogP contribution in [-0.4, -0.2) is 95.2 Å². The molecule has 14 heteroatoms. The summed E-state index contributed by atoms with van der Waals surface area (Å²) in [4.78, 5) is 19.6. The number of ether oxygens (including phenoxy) is 4. The van der Waals surface area contributed by atoms with Gasteiger partial charge in [0.25, 0.3) is 0 Å². The summed E-state index contributed by atoms with van der Waals surface area (Å²) in [7, 11) is 6.31. The molecule has 0 fully saturated rings. The van der Waals surface area contributed by atoms with Gasteiger partial charge in [-0.05, 0) is 61.1 Å². The molecule has 0 aliphatic heterocycles. The molecule has 0 atom stereocenters. The molecule has 0 aliphatic carbocycles. The van der Waals surface area contributed by atoms with E-state index < -0.39 is 0 Å². The SMILES string of the molecule is COc1ccc(CNc2nc(C(CCO)CCO)nc3c(NCc4ccc(OC)c(OC)c4)nc(C(CCO)CCO)nc23)cc1OC. The first-order valence-electron chi connectivity index (χ1n) is 15.9. The van der Waals surface area contributed by atoms with E-state index in [2.05, 4.69) is 10.6 Å². The molecule has 0 spiro atoms. The normalized spacial score (nSPS) is 11.3. The molecule has 48 heavy (non-hydrogen) atoms. The predicted molar refractivity (Wildman–Crippen MR) is 181 cm³/mol. The Bertz CT molecular complexity index is 1490. The number of nitrogens with zero attached hydrogens (tertiary/aromatic N) is 4. The molecule has 0 saturated carbocycles. The van der Waals surface area contributed by atoms with E-state index in [-0.39, 0.29) is 38.3 Å². The molecule has 0 radical (unpaired) electrons. The lowest BCUT2D eigenvalue weighted by Crippen LogP contribution is -2.16. The molecule has 0 aliphatic rings. The maximum atomic E-state index is 9.82. The number of benzene rings is 2. The summed E-state index contributed by atoms with van der Waals surface area (Å²) < 4.78 is 21.8. The molecule has 0 saturated heterocycles. The maximum absolute atomic E-state index is 9.82. The van der Waals surface area contributed by atoms with E-state index in [4.69, 9.17) is 38.9 Å². The Morgan fingerprint density at radius 1 is 0.521 bits per heavy atom. The number of rotatable bonds is 20. The number of anilines is 2. The molecule has 0 bridgehead atoms. The van der Waals surface area contributed by atoms with Crippen molar-refractivity contribution in [3.8, 4) is 23.0 Å². The van der Waals surface area contributed by atoms with Gasteiger partial charge < -0.3 is 50.0 Å². The number of methoxy groups -OCH3 is 4. The zero-order chi connectivity index (χ0) is 34.5. The molecular formula is C34H46N6O8. The van der Waals surface area contributed by atoms with Gasteiger partial charge in [0.2, 0.25) is 0 Å². The van der Waals surface area contributed by atoms with Crippen LogP contribution in [-0.2, 0) is 13.1 Å². The van der Waals surface area contributed by atoms with E-state index >= 15 is 0 Å². The number of aromatic nitrogens is 4. The number of nitrogens with one attached hydrogen (secondary N) is 2. The topological polar surface area (TPSA) is 193 Å². The van der Waals surface area contributed by atoms with Gasteiger partial charge in [-0.1, -0.05) is 12.1 Å². The van der Waals surface area contributed by atoms with Crippen molar-refractivity contribution in [2.45, 2.75) is 50.6 Å². The zero-order valence-corrected chi connectivity index (χ0v) is 27.9. The van der Waals surface area contributed by atoms with Gasteiger partial charge in [-0.25, -0.2) is 19.9 Å². The molecule has 6 N–H and O–H groups in total. The van der Waals surface area contributed by atoms with E-state index in [1.807, 2.05) is 36.4 Å². The van der Waals surface area contributed by atoms with E-state index in [1.165, 1.54) is 0 Å². The highest BCUT2D eigenvalue weighted by molar-refractivity contribution is 5.92. The van der Waals surface area contributed by atoms with Crippen molar-refractivity contribution in [1.82, 2.24) is 19.9 Å². The highest BCUT2D eigenvalue weighted by Gasteiger charge is 2.24. The summed E-state index contributed by atoms with van der Waals surface area (Å²) in [5.41, 5.74) is 2.66. The fourth-order valence-corrected chi connectivity index (χ4v) is 5.44. The fraction of sp³-hybridized carbons (Fsp3) is 0.471. The number of fused-ring (bicyclic) bond motifs is 1. The monoisotopic (exact) mass is 666 g/mol. The van der Waals surface area contributed by atoms with Crippen LogP contribution in [0.15, 0.2) is 36.4 Å². The number of hydrogen-bond donors (Lipinski definition) is 6. The maximum Gasteiger partial charge on any atom is 0.161 e.